The summed E-state index contributed by atoms with van der Waals surface area (Å²) in [6, 6.07) is 0. The van der Waals surface area contributed by atoms with Crippen molar-refractivity contribution in [2.45, 2.75) is 90.6 Å². The molecule has 0 spiro atoms. The predicted molar refractivity (Wildman–Crippen MR) is 99.9 cm³/mol. The van der Waals surface area contributed by atoms with Crippen molar-refractivity contribution in [1.82, 2.24) is 4.90 Å². The number of aliphatic hydroxyl groups is 1. The lowest BCUT2D eigenvalue weighted by atomic mass is 9.69. The van der Waals surface area contributed by atoms with Crippen molar-refractivity contribution in [3.8, 4) is 0 Å². The van der Waals surface area contributed by atoms with Gasteiger partial charge >= 0.3 is 6.09 Å². The summed E-state index contributed by atoms with van der Waals surface area (Å²) in [5.41, 5.74) is -0.708. The summed E-state index contributed by atoms with van der Waals surface area (Å²) in [6.07, 6.45) is 1.02. The highest BCUT2D eigenvalue weighted by molar-refractivity contribution is 6.74. The van der Waals surface area contributed by atoms with Crippen molar-refractivity contribution in [1.29, 1.82) is 0 Å². The van der Waals surface area contributed by atoms with Gasteiger partial charge in [0.05, 0.1) is 11.6 Å². The van der Waals surface area contributed by atoms with Crippen LogP contribution in [-0.4, -0.2) is 54.3 Å². The van der Waals surface area contributed by atoms with Crippen LogP contribution >= 0.6 is 0 Å². The first kappa shape index (κ1) is 21.4. The molecule has 1 saturated heterocycles. The van der Waals surface area contributed by atoms with Gasteiger partial charge in [-0.2, -0.15) is 0 Å². The standard InChI is InChI=1S/C18H37NO4Si/c1-16(2,3)18(10-9-11-20)12-14(13-19(18)15(21)22)23-24(7,8)17(4,5)6/h14,20H,9-13H2,1-8H3,(H,21,22)/t14-,18-/m1/s1. The number of carbonyl (C=O) groups is 1. The molecule has 0 unspecified atom stereocenters. The van der Waals surface area contributed by atoms with Gasteiger partial charge in [0.25, 0.3) is 0 Å². The lowest BCUT2D eigenvalue weighted by Crippen LogP contribution is -2.55. The van der Waals surface area contributed by atoms with E-state index in [0.717, 1.165) is 0 Å². The molecular formula is C18H37NO4Si. The molecule has 0 aromatic rings. The molecule has 0 aromatic carbocycles. The number of aliphatic hydroxyl groups excluding tert-OH is 1. The summed E-state index contributed by atoms with van der Waals surface area (Å²) < 4.78 is 6.55. The van der Waals surface area contributed by atoms with Gasteiger partial charge in [-0.15, -0.1) is 0 Å². The van der Waals surface area contributed by atoms with Crippen molar-refractivity contribution in [2.24, 2.45) is 5.41 Å². The summed E-state index contributed by atoms with van der Waals surface area (Å²) in [5, 5.41) is 19.2. The quantitative estimate of drug-likeness (QED) is 0.717. The minimum Gasteiger partial charge on any atom is -0.465 e. The van der Waals surface area contributed by atoms with E-state index in [1.807, 2.05) is 0 Å². The van der Waals surface area contributed by atoms with Gasteiger partial charge in [-0.3, -0.25) is 4.90 Å². The van der Waals surface area contributed by atoms with Gasteiger partial charge in [-0.25, -0.2) is 4.79 Å². The molecule has 1 amide bonds. The molecule has 1 aliphatic rings. The van der Waals surface area contributed by atoms with Crippen LogP contribution in [0.2, 0.25) is 18.1 Å². The maximum atomic E-state index is 12.0. The van der Waals surface area contributed by atoms with E-state index in [1.54, 1.807) is 4.90 Å². The molecule has 1 aliphatic heterocycles. The fourth-order valence-electron chi connectivity index (χ4n) is 3.56. The van der Waals surface area contributed by atoms with Gasteiger partial charge in [0, 0.05) is 13.2 Å². The van der Waals surface area contributed by atoms with Gasteiger partial charge in [0.15, 0.2) is 8.32 Å². The predicted octanol–water partition coefficient (Wildman–Crippen LogP) is 4.32. The minimum absolute atomic E-state index is 0.0695. The van der Waals surface area contributed by atoms with E-state index in [0.29, 0.717) is 25.8 Å². The largest absolute Gasteiger partial charge is 0.465 e. The van der Waals surface area contributed by atoms with Crippen LogP contribution in [0, 0.1) is 5.41 Å². The Morgan fingerprint density at radius 1 is 1.25 bits per heavy atom. The van der Waals surface area contributed by atoms with E-state index in [1.165, 1.54) is 0 Å². The van der Waals surface area contributed by atoms with E-state index in [2.05, 4.69) is 54.6 Å². The number of likely N-dealkylation sites (tertiary alicyclic amines) is 1. The summed E-state index contributed by atoms with van der Waals surface area (Å²) in [4.78, 5) is 13.5. The SMILES string of the molecule is CC(C)(C)[C@@]1(CCCO)C[C@@H](O[Si](C)(C)C(C)(C)C)CN1C(=O)O. The highest BCUT2D eigenvalue weighted by Gasteiger charge is 2.56. The van der Waals surface area contributed by atoms with Crippen LogP contribution in [0.25, 0.3) is 0 Å². The zero-order valence-electron chi connectivity index (χ0n) is 16.8. The lowest BCUT2D eigenvalue weighted by molar-refractivity contribution is 0.0191. The summed E-state index contributed by atoms with van der Waals surface area (Å²) in [6.45, 7) is 17.8. The van der Waals surface area contributed by atoms with Gasteiger partial charge in [-0.1, -0.05) is 41.5 Å². The van der Waals surface area contributed by atoms with Crippen LogP contribution in [0.5, 0.6) is 0 Å². The first-order valence-corrected chi connectivity index (χ1v) is 11.9. The van der Waals surface area contributed by atoms with Crippen LogP contribution in [0.4, 0.5) is 4.79 Å². The number of nitrogens with zero attached hydrogens (tertiary/aromatic N) is 1. The van der Waals surface area contributed by atoms with E-state index < -0.39 is 19.9 Å². The van der Waals surface area contributed by atoms with Gasteiger partial charge in [0.1, 0.15) is 0 Å². The third kappa shape index (κ3) is 4.14. The number of amides is 1. The van der Waals surface area contributed by atoms with Crippen LogP contribution in [-0.2, 0) is 4.43 Å². The second-order valence-electron chi connectivity index (χ2n) is 9.71. The van der Waals surface area contributed by atoms with Crippen molar-refractivity contribution >= 4 is 14.4 Å². The molecule has 0 radical (unpaired) electrons. The lowest BCUT2D eigenvalue weighted by Gasteiger charge is -2.47. The Morgan fingerprint density at radius 3 is 2.17 bits per heavy atom. The van der Waals surface area contributed by atoms with Crippen molar-refractivity contribution in [3.63, 3.8) is 0 Å². The van der Waals surface area contributed by atoms with Crippen molar-refractivity contribution in [2.75, 3.05) is 13.2 Å². The third-order valence-electron chi connectivity index (χ3n) is 6.11. The number of rotatable bonds is 5. The molecule has 2 N–H and O–H groups in total. The molecule has 0 bridgehead atoms. The molecule has 24 heavy (non-hydrogen) atoms. The van der Waals surface area contributed by atoms with Crippen LogP contribution in [0.3, 0.4) is 0 Å². The first-order valence-electron chi connectivity index (χ1n) is 8.97. The van der Waals surface area contributed by atoms with Crippen LogP contribution < -0.4 is 0 Å². The summed E-state index contributed by atoms with van der Waals surface area (Å²) in [5.74, 6) is 0. The normalized spacial score (nSPS) is 26.0. The fourth-order valence-corrected chi connectivity index (χ4v) is 4.90. The second kappa shape index (κ2) is 6.96. The molecule has 0 saturated carbocycles. The molecule has 1 fully saturated rings. The Labute approximate surface area is 148 Å². The van der Waals surface area contributed by atoms with E-state index in [9.17, 15) is 15.0 Å². The Bertz CT molecular complexity index is 453. The molecule has 0 aliphatic carbocycles. The Hall–Kier alpha value is -0.593. The molecule has 142 valence electrons. The van der Waals surface area contributed by atoms with Crippen molar-refractivity contribution in [3.05, 3.63) is 0 Å². The summed E-state index contributed by atoms with van der Waals surface area (Å²) >= 11 is 0. The third-order valence-corrected chi connectivity index (χ3v) is 10.6. The topological polar surface area (TPSA) is 70.0 Å². The van der Waals surface area contributed by atoms with Crippen molar-refractivity contribution < 1.29 is 19.4 Å². The Balaban J connectivity index is 3.14. The molecule has 2 atom stereocenters. The van der Waals surface area contributed by atoms with E-state index >= 15 is 0 Å². The molecule has 5 nitrogen and oxygen atoms in total. The maximum absolute atomic E-state index is 12.0. The smallest absolute Gasteiger partial charge is 0.407 e. The zero-order valence-corrected chi connectivity index (χ0v) is 17.8. The number of hydrogen-bond acceptors (Lipinski definition) is 3. The fraction of sp³-hybridized carbons (Fsp3) is 0.944. The summed E-state index contributed by atoms with van der Waals surface area (Å²) in [7, 11) is -1.96. The Morgan fingerprint density at radius 2 is 1.79 bits per heavy atom. The first-order chi connectivity index (χ1) is 10.7. The molecule has 1 rings (SSSR count). The number of hydrogen-bond donors (Lipinski definition) is 2. The second-order valence-corrected chi connectivity index (χ2v) is 14.5. The molecule has 6 heteroatoms. The van der Waals surface area contributed by atoms with Gasteiger partial charge in [-0.05, 0) is 42.8 Å². The highest BCUT2D eigenvalue weighted by atomic mass is 28.4. The number of carboxylic acid groups (broad SMARTS) is 1. The van der Waals surface area contributed by atoms with Crippen LogP contribution in [0.15, 0.2) is 0 Å². The minimum atomic E-state index is -1.96. The van der Waals surface area contributed by atoms with Gasteiger partial charge in [0.2, 0.25) is 0 Å². The van der Waals surface area contributed by atoms with E-state index in [4.69, 9.17) is 4.43 Å². The Kier molecular flexibility index (Phi) is 6.22. The maximum Gasteiger partial charge on any atom is 0.407 e. The van der Waals surface area contributed by atoms with E-state index in [-0.39, 0.29) is 23.2 Å². The average molecular weight is 360 g/mol. The van der Waals surface area contributed by atoms with Crippen LogP contribution in [0.1, 0.15) is 60.8 Å². The monoisotopic (exact) mass is 359 g/mol. The van der Waals surface area contributed by atoms with Gasteiger partial charge < -0.3 is 14.6 Å². The molecule has 1 heterocycles. The average Bonchev–Trinajstić information content (AvgIpc) is 2.73. The molecule has 0 aromatic heterocycles. The highest BCUT2D eigenvalue weighted by Crippen LogP contribution is 2.49. The zero-order chi connectivity index (χ0) is 19.0. The molecular weight excluding hydrogens is 322 g/mol.